The Kier molecular flexibility index (Phi) is 6.22. The van der Waals surface area contributed by atoms with Crippen molar-refractivity contribution in [3.05, 3.63) is 42.9 Å². The maximum absolute atomic E-state index is 2.32. The van der Waals surface area contributed by atoms with Gasteiger partial charge in [0.1, 0.15) is 0 Å². The molecule has 0 bridgehead atoms. The average molecular weight is 175 g/mol. The van der Waals surface area contributed by atoms with Crippen molar-refractivity contribution in [2.45, 2.75) is 38.5 Å². The molecule has 0 nitrogen and oxygen atoms in total. The van der Waals surface area contributed by atoms with Crippen LogP contribution in [0.15, 0.2) is 36.5 Å². The van der Waals surface area contributed by atoms with Crippen LogP contribution in [-0.4, -0.2) is 0 Å². The minimum Gasteiger partial charge on any atom is -0.0882 e. The Morgan fingerprint density at radius 2 is 0.846 bits per heavy atom. The molecular weight excluding hydrogens is 156 g/mol. The molecule has 0 N–H and O–H groups in total. The Labute approximate surface area is 82.0 Å². The summed E-state index contributed by atoms with van der Waals surface area (Å²) in [6, 6.07) is 0. The average Bonchev–Trinajstić information content (AvgIpc) is 2.18. The lowest BCUT2D eigenvalue weighted by atomic mass is 10.2. The van der Waals surface area contributed by atoms with Gasteiger partial charge in [0.15, 0.2) is 0 Å². The highest BCUT2D eigenvalue weighted by Gasteiger charge is 1.84. The van der Waals surface area contributed by atoms with Gasteiger partial charge in [0, 0.05) is 0 Å². The standard InChI is InChI=1S/C13H19/c1-2-4-6-8-10-12-13-11-9-7-5-3-1/h1-2,5,8-11H,3-4,6-7,12-13H2/b2-1-,10-8+,11-9+. The monoisotopic (exact) mass is 175 g/mol. The van der Waals surface area contributed by atoms with Gasteiger partial charge in [0.25, 0.3) is 0 Å². The van der Waals surface area contributed by atoms with Gasteiger partial charge in [-0.25, -0.2) is 0 Å². The Morgan fingerprint density at radius 3 is 1.31 bits per heavy atom. The highest BCUT2D eigenvalue weighted by Crippen LogP contribution is 2.03. The first-order chi connectivity index (χ1) is 6.50. The highest BCUT2D eigenvalue weighted by molar-refractivity contribution is 4.96. The Hall–Kier alpha value is -0.780. The maximum atomic E-state index is 2.32. The van der Waals surface area contributed by atoms with Crippen LogP contribution in [0.1, 0.15) is 38.5 Å². The molecule has 0 atom stereocenters. The first-order valence-corrected chi connectivity index (χ1v) is 5.27. The van der Waals surface area contributed by atoms with Gasteiger partial charge < -0.3 is 0 Å². The predicted octanol–water partition coefficient (Wildman–Crippen LogP) is 4.21. The number of rotatable bonds is 0. The third-order valence-electron chi connectivity index (χ3n) is 2.11. The first kappa shape index (κ1) is 10.3. The molecule has 1 rings (SSSR count). The summed E-state index contributed by atoms with van der Waals surface area (Å²) in [6.45, 7) is 0. The normalized spacial score (nSPS) is 27.7. The summed E-state index contributed by atoms with van der Waals surface area (Å²) in [6.07, 6.45) is 23.0. The van der Waals surface area contributed by atoms with Crippen molar-refractivity contribution < 1.29 is 0 Å². The molecule has 0 saturated carbocycles. The fraction of sp³-hybridized carbons (Fsp3) is 0.462. The molecule has 0 aromatic rings. The molecule has 0 aliphatic heterocycles. The smallest absolute Gasteiger partial charge is 0.0311 e. The van der Waals surface area contributed by atoms with Crippen LogP contribution in [0.25, 0.3) is 0 Å². The lowest BCUT2D eigenvalue weighted by Crippen LogP contribution is -1.71. The molecule has 0 spiro atoms. The van der Waals surface area contributed by atoms with Crippen molar-refractivity contribution in [3.63, 3.8) is 0 Å². The van der Waals surface area contributed by atoms with E-state index in [9.17, 15) is 0 Å². The van der Waals surface area contributed by atoms with Crippen molar-refractivity contribution in [2.24, 2.45) is 0 Å². The number of hydrogen-bond donors (Lipinski definition) is 0. The van der Waals surface area contributed by atoms with Crippen molar-refractivity contribution in [2.75, 3.05) is 0 Å². The zero-order valence-electron chi connectivity index (χ0n) is 8.28. The second-order valence-corrected chi connectivity index (χ2v) is 3.33. The summed E-state index contributed by atoms with van der Waals surface area (Å²) in [5.41, 5.74) is 0. The van der Waals surface area contributed by atoms with E-state index < -0.39 is 0 Å². The number of allylic oxidation sites excluding steroid dienone is 6. The molecule has 0 heteroatoms. The van der Waals surface area contributed by atoms with Gasteiger partial charge >= 0.3 is 0 Å². The SMILES string of the molecule is [CH]1C/C=C\CC/C=C/CC/C=C/C1. The minimum absolute atomic E-state index is 1.12. The molecular formula is C13H19. The molecule has 71 valence electrons. The zero-order chi connectivity index (χ0) is 9.19. The lowest BCUT2D eigenvalue weighted by Gasteiger charge is -1.89. The Morgan fingerprint density at radius 1 is 0.462 bits per heavy atom. The topological polar surface area (TPSA) is 0 Å². The van der Waals surface area contributed by atoms with E-state index in [-0.39, 0.29) is 0 Å². The van der Waals surface area contributed by atoms with Crippen LogP contribution < -0.4 is 0 Å². The van der Waals surface area contributed by atoms with E-state index in [1.165, 1.54) is 25.7 Å². The van der Waals surface area contributed by atoms with Crippen LogP contribution in [0.3, 0.4) is 0 Å². The first-order valence-electron chi connectivity index (χ1n) is 5.27. The van der Waals surface area contributed by atoms with Gasteiger partial charge in [-0.1, -0.05) is 36.5 Å². The quantitative estimate of drug-likeness (QED) is 0.484. The summed E-state index contributed by atoms with van der Waals surface area (Å²) in [5.74, 6) is 0. The summed E-state index contributed by atoms with van der Waals surface area (Å²) in [4.78, 5) is 0. The third-order valence-corrected chi connectivity index (χ3v) is 2.11. The number of hydrogen-bond acceptors (Lipinski definition) is 0. The van der Waals surface area contributed by atoms with Crippen LogP contribution in [0.4, 0.5) is 0 Å². The summed E-state index contributed by atoms with van der Waals surface area (Å²) in [5, 5.41) is 0. The third kappa shape index (κ3) is 6.39. The Balaban J connectivity index is 2.27. The van der Waals surface area contributed by atoms with E-state index in [1.807, 2.05) is 0 Å². The molecule has 13 heavy (non-hydrogen) atoms. The van der Waals surface area contributed by atoms with Crippen molar-refractivity contribution in [3.8, 4) is 0 Å². The van der Waals surface area contributed by atoms with E-state index in [0.29, 0.717) is 0 Å². The fourth-order valence-corrected chi connectivity index (χ4v) is 1.34. The second kappa shape index (κ2) is 7.85. The van der Waals surface area contributed by atoms with Gasteiger partial charge in [0.05, 0.1) is 0 Å². The highest BCUT2D eigenvalue weighted by atomic mass is 13.9. The molecule has 1 radical (unpaired) electrons. The second-order valence-electron chi connectivity index (χ2n) is 3.33. The van der Waals surface area contributed by atoms with Crippen LogP contribution in [0.2, 0.25) is 0 Å². The van der Waals surface area contributed by atoms with Crippen molar-refractivity contribution in [1.82, 2.24) is 0 Å². The molecule has 0 unspecified atom stereocenters. The molecule has 0 amide bonds. The zero-order valence-corrected chi connectivity index (χ0v) is 8.28. The molecule has 1 aliphatic rings. The molecule has 0 aromatic carbocycles. The van der Waals surface area contributed by atoms with Gasteiger partial charge in [-0.3, -0.25) is 0 Å². The van der Waals surface area contributed by atoms with Gasteiger partial charge in [0.2, 0.25) is 0 Å². The molecule has 0 fully saturated rings. The van der Waals surface area contributed by atoms with Gasteiger partial charge in [-0.2, -0.15) is 0 Å². The fourth-order valence-electron chi connectivity index (χ4n) is 1.34. The predicted molar refractivity (Wildman–Crippen MR) is 59.4 cm³/mol. The Bertz CT molecular complexity index is 164. The van der Waals surface area contributed by atoms with Crippen LogP contribution in [-0.2, 0) is 0 Å². The summed E-state index contributed by atoms with van der Waals surface area (Å²) in [7, 11) is 0. The van der Waals surface area contributed by atoms with E-state index in [0.717, 1.165) is 12.8 Å². The van der Waals surface area contributed by atoms with E-state index in [2.05, 4.69) is 42.9 Å². The molecule has 0 heterocycles. The van der Waals surface area contributed by atoms with Crippen molar-refractivity contribution >= 4 is 0 Å². The van der Waals surface area contributed by atoms with Gasteiger partial charge in [-0.05, 0) is 44.9 Å². The lowest BCUT2D eigenvalue weighted by molar-refractivity contribution is 1.00. The van der Waals surface area contributed by atoms with Crippen LogP contribution >= 0.6 is 0 Å². The van der Waals surface area contributed by atoms with Crippen LogP contribution in [0, 0.1) is 6.42 Å². The largest absolute Gasteiger partial charge is 0.0882 e. The van der Waals surface area contributed by atoms with E-state index in [1.54, 1.807) is 0 Å². The summed E-state index contributed by atoms with van der Waals surface area (Å²) < 4.78 is 0. The van der Waals surface area contributed by atoms with Crippen LogP contribution in [0.5, 0.6) is 0 Å². The molecule has 1 aliphatic carbocycles. The molecule has 0 saturated heterocycles. The van der Waals surface area contributed by atoms with E-state index >= 15 is 0 Å². The maximum Gasteiger partial charge on any atom is -0.0311 e. The minimum atomic E-state index is 1.12. The summed E-state index contributed by atoms with van der Waals surface area (Å²) >= 11 is 0. The molecule has 0 aromatic heterocycles. The van der Waals surface area contributed by atoms with Gasteiger partial charge in [-0.15, -0.1) is 0 Å². The van der Waals surface area contributed by atoms with Crippen molar-refractivity contribution in [1.29, 1.82) is 0 Å². The van der Waals surface area contributed by atoms with E-state index in [4.69, 9.17) is 0 Å².